The molecular weight excluding hydrogens is 240 g/mol. The third-order valence-electron chi connectivity index (χ3n) is 4.09. The quantitative estimate of drug-likeness (QED) is 0.667. The predicted molar refractivity (Wildman–Crippen MR) is 78.3 cm³/mol. The summed E-state index contributed by atoms with van der Waals surface area (Å²) in [4.78, 5) is 16.2. The maximum Gasteiger partial charge on any atom is 0.409 e. The zero-order valence-electron chi connectivity index (χ0n) is 12.9. The van der Waals surface area contributed by atoms with Gasteiger partial charge in [-0.25, -0.2) is 4.79 Å². The van der Waals surface area contributed by atoms with Crippen molar-refractivity contribution in [1.29, 1.82) is 0 Å². The fraction of sp³-hybridized carbons (Fsp3) is 0.933. The Kier molecular flexibility index (Phi) is 7.87. The van der Waals surface area contributed by atoms with Crippen LogP contribution in [0.3, 0.4) is 0 Å². The van der Waals surface area contributed by atoms with Crippen molar-refractivity contribution in [3.05, 3.63) is 0 Å². The molecule has 0 N–H and O–H groups in total. The van der Waals surface area contributed by atoms with Crippen molar-refractivity contribution in [3.63, 3.8) is 0 Å². The number of rotatable bonds is 7. The molecule has 1 rings (SSSR count). The average molecular weight is 270 g/mol. The highest BCUT2D eigenvalue weighted by molar-refractivity contribution is 5.67. The Hall–Kier alpha value is -0.770. The van der Waals surface area contributed by atoms with E-state index in [1.165, 1.54) is 6.42 Å². The second-order valence-electron chi connectivity index (χ2n) is 5.36. The lowest BCUT2D eigenvalue weighted by Gasteiger charge is -2.31. The normalized spacial score (nSPS) is 19.8. The summed E-state index contributed by atoms with van der Waals surface area (Å²) < 4.78 is 5.37. The number of nitrogens with zero attached hydrogens (tertiary/aromatic N) is 2. The molecule has 0 aromatic rings. The van der Waals surface area contributed by atoms with E-state index in [1.807, 2.05) is 4.90 Å². The van der Waals surface area contributed by atoms with E-state index in [-0.39, 0.29) is 6.09 Å². The number of hydrogen-bond donors (Lipinski definition) is 0. The third-order valence-corrected chi connectivity index (χ3v) is 4.09. The van der Waals surface area contributed by atoms with Gasteiger partial charge in [-0.05, 0) is 38.3 Å². The molecule has 0 aromatic heterocycles. The maximum atomic E-state index is 11.9. The maximum absolute atomic E-state index is 11.9. The fourth-order valence-corrected chi connectivity index (χ4v) is 2.64. The van der Waals surface area contributed by atoms with Gasteiger partial charge in [-0.15, -0.1) is 0 Å². The minimum absolute atomic E-state index is 0.113. The van der Waals surface area contributed by atoms with Crippen molar-refractivity contribution in [3.8, 4) is 0 Å². The zero-order valence-corrected chi connectivity index (χ0v) is 12.9. The molecule has 1 amide bonds. The highest BCUT2D eigenvalue weighted by Crippen LogP contribution is 2.19. The van der Waals surface area contributed by atoms with Crippen molar-refractivity contribution >= 4 is 6.09 Å². The molecule has 0 bridgehead atoms. The van der Waals surface area contributed by atoms with Gasteiger partial charge in [-0.3, -0.25) is 0 Å². The van der Waals surface area contributed by atoms with Crippen LogP contribution >= 0.6 is 0 Å². The van der Waals surface area contributed by atoms with Gasteiger partial charge in [-0.1, -0.05) is 27.2 Å². The lowest BCUT2D eigenvalue weighted by atomic mass is 9.96. The molecule has 0 radical (unpaired) electrons. The SMILES string of the molecule is CCC1CCCN(C(=O)OCCCN(CC)CC)C1. The fourth-order valence-electron chi connectivity index (χ4n) is 2.64. The molecule has 0 spiro atoms. The van der Waals surface area contributed by atoms with Crippen LogP contribution in [0.4, 0.5) is 4.79 Å². The molecule has 1 aliphatic rings. The van der Waals surface area contributed by atoms with Gasteiger partial charge in [0.2, 0.25) is 0 Å². The Labute approximate surface area is 118 Å². The molecule has 1 aliphatic heterocycles. The van der Waals surface area contributed by atoms with Crippen molar-refractivity contribution in [2.24, 2.45) is 5.92 Å². The van der Waals surface area contributed by atoms with Gasteiger partial charge in [-0.2, -0.15) is 0 Å². The largest absolute Gasteiger partial charge is 0.449 e. The summed E-state index contributed by atoms with van der Waals surface area (Å²) in [6, 6.07) is 0. The zero-order chi connectivity index (χ0) is 14.1. The lowest BCUT2D eigenvalue weighted by Crippen LogP contribution is -2.40. The van der Waals surface area contributed by atoms with Crippen LogP contribution in [-0.2, 0) is 4.74 Å². The van der Waals surface area contributed by atoms with Gasteiger partial charge in [0, 0.05) is 19.6 Å². The molecule has 19 heavy (non-hydrogen) atoms. The Balaban J connectivity index is 2.16. The van der Waals surface area contributed by atoms with Crippen LogP contribution in [-0.4, -0.2) is 55.2 Å². The van der Waals surface area contributed by atoms with Crippen LogP contribution in [0, 0.1) is 5.92 Å². The number of likely N-dealkylation sites (tertiary alicyclic amines) is 1. The first-order chi connectivity index (χ1) is 9.21. The first kappa shape index (κ1) is 16.3. The highest BCUT2D eigenvalue weighted by atomic mass is 16.6. The topological polar surface area (TPSA) is 32.8 Å². The first-order valence-corrected chi connectivity index (χ1v) is 7.85. The van der Waals surface area contributed by atoms with Crippen molar-refractivity contribution in [1.82, 2.24) is 9.80 Å². The summed E-state index contributed by atoms with van der Waals surface area (Å²) in [7, 11) is 0. The average Bonchev–Trinajstić information content (AvgIpc) is 2.47. The van der Waals surface area contributed by atoms with E-state index < -0.39 is 0 Å². The molecule has 4 heteroatoms. The Morgan fingerprint density at radius 2 is 2.05 bits per heavy atom. The smallest absolute Gasteiger partial charge is 0.409 e. The molecular formula is C15H30N2O2. The Morgan fingerprint density at radius 1 is 1.32 bits per heavy atom. The van der Waals surface area contributed by atoms with Gasteiger partial charge >= 0.3 is 6.09 Å². The van der Waals surface area contributed by atoms with Crippen molar-refractivity contribution in [2.45, 2.75) is 46.5 Å². The third kappa shape index (κ3) is 5.81. The van der Waals surface area contributed by atoms with Crippen molar-refractivity contribution < 1.29 is 9.53 Å². The summed E-state index contributed by atoms with van der Waals surface area (Å²) in [5, 5.41) is 0. The van der Waals surface area contributed by atoms with E-state index in [2.05, 4.69) is 25.7 Å². The first-order valence-electron chi connectivity index (χ1n) is 7.85. The number of amides is 1. The molecule has 1 atom stereocenters. The molecule has 4 nitrogen and oxygen atoms in total. The number of ether oxygens (including phenoxy) is 1. The minimum Gasteiger partial charge on any atom is -0.449 e. The van der Waals surface area contributed by atoms with E-state index in [1.54, 1.807) is 0 Å². The van der Waals surface area contributed by atoms with E-state index in [0.29, 0.717) is 12.5 Å². The minimum atomic E-state index is -0.113. The predicted octanol–water partition coefficient (Wildman–Crippen LogP) is 2.98. The van der Waals surface area contributed by atoms with Gasteiger partial charge < -0.3 is 14.5 Å². The number of hydrogen-bond acceptors (Lipinski definition) is 3. The van der Waals surface area contributed by atoms with Crippen LogP contribution in [0.1, 0.15) is 46.5 Å². The van der Waals surface area contributed by atoms with Gasteiger partial charge in [0.15, 0.2) is 0 Å². The van der Waals surface area contributed by atoms with E-state index >= 15 is 0 Å². The molecule has 1 fully saturated rings. The number of piperidine rings is 1. The molecule has 0 aromatic carbocycles. The lowest BCUT2D eigenvalue weighted by molar-refractivity contribution is 0.0806. The number of carbonyl (C=O) groups is 1. The Bertz CT molecular complexity index is 255. The van der Waals surface area contributed by atoms with Crippen LogP contribution in [0.2, 0.25) is 0 Å². The van der Waals surface area contributed by atoms with E-state index in [4.69, 9.17) is 4.74 Å². The number of carbonyl (C=O) groups excluding carboxylic acids is 1. The van der Waals surface area contributed by atoms with Gasteiger partial charge in [0.1, 0.15) is 0 Å². The van der Waals surface area contributed by atoms with Crippen LogP contribution in [0.15, 0.2) is 0 Å². The Morgan fingerprint density at radius 3 is 2.68 bits per heavy atom. The summed E-state index contributed by atoms with van der Waals surface area (Å²) in [5.74, 6) is 0.664. The highest BCUT2D eigenvalue weighted by Gasteiger charge is 2.23. The monoisotopic (exact) mass is 270 g/mol. The molecule has 0 saturated carbocycles. The summed E-state index contributed by atoms with van der Waals surface area (Å²) >= 11 is 0. The summed E-state index contributed by atoms with van der Waals surface area (Å²) in [6.45, 7) is 12.0. The molecule has 1 heterocycles. The molecule has 1 saturated heterocycles. The van der Waals surface area contributed by atoms with E-state index in [0.717, 1.165) is 52.0 Å². The molecule has 0 aliphatic carbocycles. The standard InChI is InChI=1S/C15H30N2O2/c1-4-14-9-7-11-17(13-14)15(18)19-12-8-10-16(5-2)6-3/h14H,4-13H2,1-3H3. The van der Waals surface area contributed by atoms with Gasteiger partial charge in [0.05, 0.1) is 6.61 Å². The van der Waals surface area contributed by atoms with Crippen LogP contribution in [0.5, 0.6) is 0 Å². The second-order valence-corrected chi connectivity index (χ2v) is 5.36. The van der Waals surface area contributed by atoms with E-state index in [9.17, 15) is 4.79 Å². The van der Waals surface area contributed by atoms with Gasteiger partial charge in [0.25, 0.3) is 0 Å². The molecule has 112 valence electrons. The van der Waals surface area contributed by atoms with Crippen LogP contribution < -0.4 is 0 Å². The van der Waals surface area contributed by atoms with Crippen LogP contribution in [0.25, 0.3) is 0 Å². The molecule has 1 unspecified atom stereocenters. The summed E-state index contributed by atoms with van der Waals surface area (Å²) in [6.07, 6.45) is 4.34. The second kappa shape index (κ2) is 9.18. The van der Waals surface area contributed by atoms with Crippen molar-refractivity contribution in [2.75, 3.05) is 39.3 Å². The summed E-state index contributed by atoms with van der Waals surface area (Å²) in [5.41, 5.74) is 0.